The van der Waals surface area contributed by atoms with Crippen molar-refractivity contribution in [3.05, 3.63) is 59.7 Å². The highest BCUT2D eigenvalue weighted by Crippen LogP contribution is 2.40. The molecule has 2 aromatic rings. The molecule has 2 aromatic carbocycles. The first-order valence-electron chi connectivity index (χ1n) is 12.0. The Hall–Kier alpha value is -3.06. The van der Waals surface area contributed by atoms with E-state index in [1.807, 2.05) is 35.2 Å². The second-order valence-electron chi connectivity index (χ2n) is 9.13. The monoisotopic (exact) mass is 467 g/mol. The molecule has 0 spiro atoms. The zero-order valence-electron chi connectivity index (χ0n) is 20.7. The minimum atomic E-state index is -0.370. The molecular weight excluding hydrogens is 430 g/mol. The maximum Gasteiger partial charge on any atom is 0.225 e. The van der Waals surface area contributed by atoms with Crippen LogP contribution in [0.25, 0.3) is 0 Å². The van der Waals surface area contributed by atoms with Gasteiger partial charge in [0.05, 0.1) is 26.2 Å². The Morgan fingerprint density at radius 3 is 2.35 bits per heavy atom. The lowest BCUT2D eigenvalue weighted by Crippen LogP contribution is -2.49. The minimum Gasteiger partial charge on any atom is -0.497 e. The van der Waals surface area contributed by atoms with Gasteiger partial charge < -0.3 is 25.0 Å². The van der Waals surface area contributed by atoms with Crippen LogP contribution in [0.15, 0.2) is 48.5 Å². The summed E-state index contributed by atoms with van der Waals surface area (Å²) in [6, 6.07) is 15.4. The van der Waals surface area contributed by atoms with E-state index in [1.165, 1.54) is 5.56 Å². The summed E-state index contributed by atoms with van der Waals surface area (Å²) in [6.07, 6.45) is 0.884. The molecule has 0 aromatic heterocycles. The normalized spacial score (nSPS) is 18.1. The average Bonchev–Trinajstić information content (AvgIpc) is 2.84. The van der Waals surface area contributed by atoms with E-state index in [9.17, 15) is 9.59 Å². The Morgan fingerprint density at radius 2 is 1.74 bits per heavy atom. The summed E-state index contributed by atoms with van der Waals surface area (Å²) < 4.78 is 10.9. The Morgan fingerprint density at radius 1 is 1.06 bits per heavy atom. The fourth-order valence-corrected chi connectivity index (χ4v) is 4.48. The molecular formula is C27H37N3O4. The first-order valence-corrected chi connectivity index (χ1v) is 12.0. The second-order valence-corrected chi connectivity index (χ2v) is 9.13. The first kappa shape index (κ1) is 25.6. The van der Waals surface area contributed by atoms with Gasteiger partial charge in [-0.05, 0) is 35.6 Å². The van der Waals surface area contributed by atoms with Gasteiger partial charge in [-0.3, -0.25) is 9.59 Å². The fourth-order valence-electron chi connectivity index (χ4n) is 4.48. The quantitative estimate of drug-likeness (QED) is 0.494. The van der Waals surface area contributed by atoms with Crippen molar-refractivity contribution >= 4 is 11.8 Å². The van der Waals surface area contributed by atoms with E-state index in [0.29, 0.717) is 44.0 Å². The molecule has 3 rings (SSSR count). The van der Waals surface area contributed by atoms with Gasteiger partial charge in [0.15, 0.2) is 0 Å². The second kappa shape index (κ2) is 12.4. The predicted molar refractivity (Wildman–Crippen MR) is 133 cm³/mol. The number of carbonyl (C=O) groups is 2. The average molecular weight is 468 g/mol. The molecule has 0 saturated carbocycles. The van der Waals surface area contributed by atoms with Crippen LogP contribution in [0.5, 0.6) is 11.5 Å². The highest BCUT2D eigenvalue weighted by molar-refractivity contribution is 5.85. The maximum atomic E-state index is 13.3. The van der Waals surface area contributed by atoms with Crippen LogP contribution in [0.4, 0.5) is 0 Å². The number of methoxy groups -OCH3 is 2. The van der Waals surface area contributed by atoms with Crippen LogP contribution >= 0.6 is 0 Å². The first-order chi connectivity index (χ1) is 16.4. The number of benzene rings is 2. The molecule has 1 saturated heterocycles. The van der Waals surface area contributed by atoms with Gasteiger partial charge in [-0.25, -0.2) is 0 Å². The molecule has 1 aliphatic heterocycles. The van der Waals surface area contributed by atoms with Crippen LogP contribution in [0.1, 0.15) is 43.9 Å². The van der Waals surface area contributed by atoms with Gasteiger partial charge >= 0.3 is 0 Å². The van der Waals surface area contributed by atoms with Crippen molar-refractivity contribution < 1.29 is 19.1 Å². The van der Waals surface area contributed by atoms with Crippen LogP contribution in [-0.2, 0) is 16.1 Å². The summed E-state index contributed by atoms with van der Waals surface area (Å²) in [5.41, 5.74) is 2.06. The highest BCUT2D eigenvalue weighted by Gasteiger charge is 2.41. The van der Waals surface area contributed by atoms with Crippen molar-refractivity contribution in [1.29, 1.82) is 0 Å². The van der Waals surface area contributed by atoms with Crippen LogP contribution < -0.4 is 20.1 Å². The number of rotatable bonds is 11. The molecule has 2 N–H and O–H groups in total. The fraction of sp³-hybridized carbons (Fsp3) is 0.481. The van der Waals surface area contributed by atoms with Crippen molar-refractivity contribution in [3.63, 3.8) is 0 Å². The standard InChI is InChI=1S/C27H37N3O4/c1-19(2)18-30-25(31)11-10-24(26(30)21-14-22(33-3)16-23(15-21)34-4)27(32)29-13-12-28-17-20-8-6-5-7-9-20/h5-9,14-16,19,24,26,28H,10-13,17-18H2,1-4H3,(H,29,32)/t24-,26+/m1/s1. The lowest BCUT2D eigenvalue weighted by Gasteiger charge is -2.42. The summed E-state index contributed by atoms with van der Waals surface area (Å²) in [7, 11) is 3.20. The summed E-state index contributed by atoms with van der Waals surface area (Å²) in [6.45, 7) is 6.69. The van der Waals surface area contributed by atoms with Gasteiger partial charge in [0.2, 0.25) is 11.8 Å². The van der Waals surface area contributed by atoms with Crippen molar-refractivity contribution in [2.75, 3.05) is 33.9 Å². The zero-order chi connectivity index (χ0) is 24.5. The number of hydrogen-bond acceptors (Lipinski definition) is 5. The molecule has 34 heavy (non-hydrogen) atoms. The van der Waals surface area contributed by atoms with Crippen LogP contribution in [0, 0.1) is 11.8 Å². The number of amides is 2. The Kier molecular flexibility index (Phi) is 9.33. The van der Waals surface area contributed by atoms with E-state index in [0.717, 1.165) is 12.1 Å². The molecule has 1 heterocycles. The molecule has 0 unspecified atom stereocenters. The largest absolute Gasteiger partial charge is 0.497 e. The molecule has 2 atom stereocenters. The third-order valence-electron chi connectivity index (χ3n) is 6.09. The third kappa shape index (κ3) is 6.73. The number of nitrogens with one attached hydrogen (secondary N) is 2. The molecule has 1 fully saturated rings. The minimum absolute atomic E-state index is 0.0328. The molecule has 184 valence electrons. The maximum absolute atomic E-state index is 13.3. The topological polar surface area (TPSA) is 79.9 Å². The van der Waals surface area contributed by atoms with Gasteiger partial charge in [-0.1, -0.05) is 44.2 Å². The third-order valence-corrected chi connectivity index (χ3v) is 6.09. The zero-order valence-corrected chi connectivity index (χ0v) is 20.7. The lowest BCUT2D eigenvalue weighted by molar-refractivity contribution is -0.144. The Bertz CT molecular complexity index is 926. The highest BCUT2D eigenvalue weighted by atomic mass is 16.5. The number of nitrogens with zero attached hydrogens (tertiary/aromatic N) is 1. The summed E-state index contributed by atoms with van der Waals surface area (Å²) in [5, 5.41) is 6.45. The van der Waals surface area contributed by atoms with E-state index in [4.69, 9.17) is 9.47 Å². The molecule has 7 heteroatoms. The van der Waals surface area contributed by atoms with Gasteiger partial charge in [0.25, 0.3) is 0 Å². The van der Waals surface area contributed by atoms with E-state index in [2.05, 4.69) is 36.6 Å². The number of hydrogen-bond donors (Lipinski definition) is 2. The molecule has 0 aliphatic carbocycles. The van der Waals surface area contributed by atoms with Gasteiger partial charge in [-0.15, -0.1) is 0 Å². The van der Waals surface area contributed by atoms with Crippen LogP contribution in [0.2, 0.25) is 0 Å². The molecule has 0 radical (unpaired) electrons. The Labute approximate surface area is 202 Å². The lowest BCUT2D eigenvalue weighted by atomic mass is 9.83. The van der Waals surface area contributed by atoms with E-state index >= 15 is 0 Å². The molecule has 2 amide bonds. The number of ether oxygens (including phenoxy) is 2. The van der Waals surface area contributed by atoms with Crippen molar-refractivity contribution in [2.45, 2.75) is 39.3 Å². The molecule has 1 aliphatic rings. The summed E-state index contributed by atoms with van der Waals surface area (Å²) >= 11 is 0. The summed E-state index contributed by atoms with van der Waals surface area (Å²) in [5.74, 6) is 1.26. The SMILES string of the molecule is COc1cc(OC)cc([C@H]2[C@H](C(=O)NCCNCc3ccccc3)CCC(=O)N2CC(C)C)c1. The molecule has 0 bridgehead atoms. The number of likely N-dealkylation sites (tertiary alicyclic amines) is 1. The predicted octanol–water partition coefficient (Wildman–Crippen LogP) is 3.55. The number of carbonyl (C=O) groups excluding carboxylic acids is 2. The van der Waals surface area contributed by atoms with E-state index < -0.39 is 0 Å². The van der Waals surface area contributed by atoms with Gasteiger partial charge in [0.1, 0.15) is 11.5 Å². The van der Waals surface area contributed by atoms with Gasteiger partial charge in [-0.2, -0.15) is 0 Å². The van der Waals surface area contributed by atoms with Crippen molar-refractivity contribution in [3.8, 4) is 11.5 Å². The van der Waals surface area contributed by atoms with E-state index in [1.54, 1.807) is 20.3 Å². The van der Waals surface area contributed by atoms with Crippen molar-refractivity contribution in [1.82, 2.24) is 15.5 Å². The van der Waals surface area contributed by atoms with Crippen LogP contribution in [-0.4, -0.2) is 50.6 Å². The smallest absolute Gasteiger partial charge is 0.225 e. The van der Waals surface area contributed by atoms with Crippen molar-refractivity contribution in [2.24, 2.45) is 11.8 Å². The molecule has 7 nitrogen and oxygen atoms in total. The van der Waals surface area contributed by atoms with Gasteiger partial charge in [0, 0.05) is 38.7 Å². The number of piperidine rings is 1. The Balaban J connectivity index is 1.74. The van der Waals surface area contributed by atoms with E-state index in [-0.39, 0.29) is 29.7 Å². The van der Waals surface area contributed by atoms with Crippen LogP contribution in [0.3, 0.4) is 0 Å². The summed E-state index contributed by atoms with van der Waals surface area (Å²) in [4.78, 5) is 28.1.